The summed E-state index contributed by atoms with van der Waals surface area (Å²) in [5.74, 6) is 3.93. The van der Waals surface area contributed by atoms with Gasteiger partial charge in [-0.15, -0.1) is 11.3 Å². The van der Waals surface area contributed by atoms with Crippen LogP contribution in [0.2, 0.25) is 0 Å². The van der Waals surface area contributed by atoms with Crippen LogP contribution in [0.5, 0.6) is 5.88 Å². The molecule has 3 aliphatic rings. The molecule has 3 aromatic heterocycles. The van der Waals surface area contributed by atoms with E-state index in [0.29, 0.717) is 29.6 Å². The monoisotopic (exact) mass is 776 g/mol. The number of hydrogen-bond donors (Lipinski definition) is 3. The van der Waals surface area contributed by atoms with Crippen molar-refractivity contribution in [1.29, 1.82) is 0 Å². The van der Waals surface area contributed by atoms with Gasteiger partial charge in [-0.3, -0.25) is 14.6 Å². The minimum atomic E-state index is -1.47. The average molecular weight is 777 g/mol. The number of hydrogen-bond acceptors (Lipinski definition) is 10. The molecule has 5 heterocycles. The SMILES string of the molecule is CC(C)(C)OC(=O)N[C@H]1CCCCC/C=C\C2CC2(C(=O)O)NC(=O)C2C[C@@H](Oc3nc4ccc(C#Cc5cccnc5)cc4nc3-c3cccs3)CN2C1=O. The van der Waals surface area contributed by atoms with Crippen LogP contribution in [0.25, 0.3) is 21.6 Å². The van der Waals surface area contributed by atoms with Crippen LogP contribution in [0.3, 0.4) is 0 Å². The highest BCUT2D eigenvalue weighted by atomic mass is 32.1. The molecule has 1 saturated heterocycles. The minimum Gasteiger partial charge on any atom is -0.479 e. The number of ether oxygens (including phenoxy) is 2. The molecule has 2 fully saturated rings. The molecule has 13 nitrogen and oxygen atoms in total. The van der Waals surface area contributed by atoms with Crippen molar-refractivity contribution < 1.29 is 33.8 Å². The number of nitrogens with one attached hydrogen (secondary N) is 2. The van der Waals surface area contributed by atoms with Crippen molar-refractivity contribution in [3.05, 3.63) is 83.5 Å². The summed E-state index contributed by atoms with van der Waals surface area (Å²) >= 11 is 1.47. The number of aromatic nitrogens is 3. The Balaban J connectivity index is 1.20. The molecular formula is C42H44N6O7S. The number of carboxylic acids is 1. The summed E-state index contributed by atoms with van der Waals surface area (Å²) in [4.78, 5) is 70.3. The first-order valence-electron chi connectivity index (χ1n) is 18.8. The maximum Gasteiger partial charge on any atom is 0.408 e. The van der Waals surface area contributed by atoms with Crippen LogP contribution in [0.1, 0.15) is 76.8 Å². The molecule has 3 unspecified atom stereocenters. The van der Waals surface area contributed by atoms with Gasteiger partial charge in [0.15, 0.2) is 0 Å². The number of rotatable bonds is 5. The van der Waals surface area contributed by atoms with Crippen LogP contribution >= 0.6 is 11.3 Å². The second kappa shape index (κ2) is 16.1. The lowest BCUT2D eigenvalue weighted by molar-refractivity contribution is -0.145. The van der Waals surface area contributed by atoms with E-state index in [-0.39, 0.29) is 31.2 Å². The molecule has 3 amide bonds. The summed E-state index contributed by atoms with van der Waals surface area (Å²) in [5, 5.41) is 17.7. The zero-order valence-electron chi connectivity index (χ0n) is 31.5. The van der Waals surface area contributed by atoms with Crippen LogP contribution < -0.4 is 15.4 Å². The van der Waals surface area contributed by atoms with Gasteiger partial charge in [0.25, 0.3) is 0 Å². The van der Waals surface area contributed by atoms with Crippen molar-refractivity contribution in [2.75, 3.05) is 6.54 Å². The van der Waals surface area contributed by atoms with Gasteiger partial charge in [0.2, 0.25) is 17.7 Å². The number of aliphatic carboxylic acids is 1. The van der Waals surface area contributed by atoms with E-state index in [1.165, 1.54) is 16.2 Å². The molecule has 290 valence electrons. The van der Waals surface area contributed by atoms with Crippen molar-refractivity contribution in [2.24, 2.45) is 5.92 Å². The minimum absolute atomic E-state index is 0.0146. The van der Waals surface area contributed by atoms with Crippen molar-refractivity contribution in [3.8, 4) is 28.3 Å². The highest BCUT2D eigenvalue weighted by Gasteiger charge is 2.61. The average Bonchev–Trinajstić information content (AvgIpc) is 3.45. The van der Waals surface area contributed by atoms with Gasteiger partial charge in [-0.05, 0) is 88.2 Å². The van der Waals surface area contributed by atoms with Crippen molar-refractivity contribution in [1.82, 2.24) is 30.5 Å². The summed E-state index contributed by atoms with van der Waals surface area (Å²) in [7, 11) is 0. The summed E-state index contributed by atoms with van der Waals surface area (Å²) in [6.45, 7) is 5.20. The van der Waals surface area contributed by atoms with Gasteiger partial charge < -0.3 is 30.1 Å². The predicted octanol–water partition coefficient (Wildman–Crippen LogP) is 5.87. The number of pyridine rings is 1. The van der Waals surface area contributed by atoms with Gasteiger partial charge in [-0.25, -0.2) is 19.6 Å². The third-order valence-electron chi connectivity index (χ3n) is 9.99. The van der Waals surface area contributed by atoms with Gasteiger partial charge in [0.1, 0.15) is 35.0 Å². The lowest BCUT2D eigenvalue weighted by Gasteiger charge is -2.30. The first-order valence-corrected chi connectivity index (χ1v) is 19.7. The zero-order chi connectivity index (χ0) is 39.5. The number of nitrogens with zero attached hydrogens (tertiary/aromatic N) is 4. The predicted molar refractivity (Wildman–Crippen MR) is 210 cm³/mol. The Kier molecular flexibility index (Phi) is 11.1. The molecule has 4 aromatic rings. The lowest BCUT2D eigenvalue weighted by Crippen LogP contribution is -2.56. The smallest absolute Gasteiger partial charge is 0.408 e. The summed E-state index contributed by atoms with van der Waals surface area (Å²) in [6, 6.07) is 11.0. The first-order chi connectivity index (χ1) is 26.9. The van der Waals surface area contributed by atoms with E-state index < -0.39 is 53.2 Å². The summed E-state index contributed by atoms with van der Waals surface area (Å²) < 4.78 is 12.1. The van der Waals surface area contributed by atoms with Crippen LogP contribution in [0, 0.1) is 17.8 Å². The standard InChI is InChI=1S/C42H44N6O7S/c1-41(2,3)55-40(53)46-31-13-8-6-4-5-7-12-28-23-42(28,39(51)52)47-36(49)33-22-29(25-48(33)38(31)50)54-37-35(34-14-10-20-56-34)44-32-21-26(17-18-30(32)45-37)15-16-27-11-9-19-43-24-27/h7,9-12,14,17-21,24,28-29,31,33H,4-6,8,13,22-23,25H2,1-3H3,(H,46,53)(H,47,49)(H,51,52)/b12-7-/t28?,29-,31+,33?,42?/m1/s1. The molecule has 14 heteroatoms. The topological polar surface area (TPSA) is 173 Å². The lowest BCUT2D eigenvalue weighted by atomic mass is 10.0. The molecule has 3 N–H and O–H groups in total. The number of carbonyl (C=O) groups excluding carboxylic acids is 3. The summed E-state index contributed by atoms with van der Waals surface area (Å²) in [6.07, 6.45) is 9.37. The molecule has 1 saturated carbocycles. The third-order valence-corrected chi connectivity index (χ3v) is 10.9. The Morgan fingerprint density at radius 3 is 2.64 bits per heavy atom. The number of fused-ring (bicyclic) bond motifs is 3. The van der Waals surface area contributed by atoms with Gasteiger partial charge >= 0.3 is 12.1 Å². The van der Waals surface area contributed by atoms with Gasteiger partial charge in [-0.2, -0.15) is 0 Å². The molecule has 7 rings (SSSR count). The van der Waals surface area contributed by atoms with Gasteiger partial charge in [-0.1, -0.05) is 42.9 Å². The van der Waals surface area contributed by atoms with Crippen LogP contribution in [0.4, 0.5) is 4.79 Å². The van der Waals surface area contributed by atoms with Gasteiger partial charge in [0, 0.05) is 35.9 Å². The maximum atomic E-state index is 14.5. The maximum absolute atomic E-state index is 14.5. The highest BCUT2D eigenvalue weighted by molar-refractivity contribution is 7.13. The number of benzene rings is 1. The zero-order valence-corrected chi connectivity index (χ0v) is 32.3. The highest BCUT2D eigenvalue weighted by Crippen LogP contribution is 2.45. The Morgan fingerprint density at radius 1 is 1.05 bits per heavy atom. The normalized spacial score (nSPS) is 24.6. The Hall–Kier alpha value is -5.81. The quantitative estimate of drug-likeness (QED) is 0.164. The van der Waals surface area contributed by atoms with E-state index >= 15 is 0 Å². The van der Waals surface area contributed by atoms with Crippen LogP contribution in [-0.2, 0) is 19.1 Å². The number of allylic oxidation sites excluding steroid dienone is 1. The molecule has 0 radical (unpaired) electrons. The number of thiophene rings is 1. The molecule has 56 heavy (non-hydrogen) atoms. The number of alkyl carbamates (subject to hydrolysis) is 1. The second-order valence-corrected chi connectivity index (χ2v) is 16.3. The molecule has 1 aromatic carbocycles. The van der Waals surface area contributed by atoms with E-state index in [4.69, 9.17) is 19.4 Å². The fourth-order valence-corrected chi connectivity index (χ4v) is 7.81. The number of carbonyl (C=O) groups is 4. The van der Waals surface area contributed by atoms with E-state index in [0.717, 1.165) is 35.3 Å². The number of carboxylic acid groups (broad SMARTS) is 1. The van der Waals surface area contributed by atoms with Crippen molar-refractivity contribution in [2.45, 2.75) is 95.0 Å². The Labute approximate surface area is 328 Å². The van der Waals surface area contributed by atoms with E-state index in [2.05, 4.69) is 27.5 Å². The Bertz CT molecular complexity index is 2210. The second-order valence-electron chi connectivity index (χ2n) is 15.4. The summed E-state index contributed by atoms with van der Waals surface area (Å²) in [5.41, 5.74) is 0.928. The van der Waals surface area contributed by atoms with Crippen LogP contribution in [0.15, 0.2) is 72.4 Å². The molecule has 0 spiro atoms. The molecule has 5 atom stereocenters. The van der Waals surface area contributed by atoms with E-state index in [1.54, 1.807) is 33.2 Å². The van der Waals surface area contributed by atoms with E-state index in [1.807, 2.05) is 60.0 Å². The fraction of sp³-hybridized carbons (Fsp3) is 0.405. The fourth-order valence-electron chi connectivity index (χ4n) is 7.11. The largest absolute Gasteiger partial charge is 0.479 e. The van der Waals surface area contributed by atoms with Crippen molar-refractivity contribution in [3.63, 3.8) is 0 Å². The third kappa shape index (κ3) is 8.84. The van der Waals surface area contributed by atoms with Crippen molar-refractivity contribution >= 4 is 46.2 Å². The first kappa shape index (κ1) is 38.5. The van der Waals surface area contributed by atoms with E-state index in [9.17, 15) is 24.3 Å². The van der Waals surface area contributed by atoms with Gasteiger partial charge in [0.05, 0.1) is 22.5 Å². The Morgan fingerprint density at radius 2 is 1.89 bits per heavy atom. The molecule has 0 bridgehead atoms. The molecule has 1 aliphatic carbocycles. The molecular weight excluding hydrogens is 733 g/mol. The molecule has 2 aliphatic heterocycles. The number of amides is 3. The van der Waals surface area contributed by atoms with Crippen LogP contribution in [-0.4, -0.2) is 84.7 Å².